The Morgan fingerprint density at radius 3 is 2.71 bits per heavy atom. The average Bonchev–Trinajstić information content (AvgIpc) is 2.69. The van der Waals surface area contributed by atoms with Crippen LogP contribution >= 0.6 is 24.0 Å². The number of aliphatic imine (C=N–C) groups is 1. The third-order valence-electron chi connectivity index (χ3n) is 4.55. The summed E-state index contributed by atoms with van der Waals surface area (Å²) in [5.74, 6) is 0.486. The quantitative estimate of drug-likeness (QED) is 0.233. The van der Waals surface area contributed by atoms with E-state index in [4.69, 9.17) is 20.2 Å². The number of benzene rings is 1. The highest BCUT2D eigenvalue weighted by molar-refractivity contribution is 14.0. The van der Waals surface area contributed by atoms with Crippen molar-refractivity contribution < 1.29 is 14.3 Å². The van der Waals surface area contributed by atoms with E-state index in [9.17, 15) is 4.79 Å². The minimum atomic E-state index is -0.416. The second-order valence-electron chi connectivity index (χ2n) is 6.64. The number of carbonyl (C=O) groups is 1. The highest BCUT2D eigenvalue weighted by Gasteiger charge is 2.21. The summed E-state index contributed by atoms with van der Waals surface area (Å²) in [6.07, 6.45) is 3.24. The molecule has 0 aliphatic carbocycles. The van der Waals surface area contributed by atoms with Crippen molar-refractivity contribution >= 4 is 35.8 Å². The van der Waals surface area contributed by atoms with E-state index < -0.39 is 5.91 Å². The second kappa shape index (κ2) is 13.7. The number of ether oxygens (including phenoxy) is 2. The van der Waals surface area contributed by atoms with Gasteiger partial charge in [0.15, 0.2) is 5.96 Å². The molecule has 0 unspecified atom stereocenters. The first-order chi connectivity index (χ1) is 13.1. The smallest absolute Gasteiger partial charge is 0.248 e. The van der Waals surface area contributed by atoms with Crippen LogP contribution in [0.4, 0.5) is 0 Å². The molecule has 3 N–H and O–H groups in total. The van der Waals surface area contributed by atoms with Crippen molar-refractivity contribution in [2.24, 2.45) is 10.7 Å². The van der Waals surface area contributed by atoms with Crippen LogP contribution in [0.25, 0.3) is 0 Å². The number of primary amides is 1. The Morgan fingerprint density at radius 2 is 2.07 bits per heavy atom. The SMILES string of the molecule is CCNC(=NCc1cccc(C(N)=O)c1)N1CCC(OCCCOC)CC1.I. The summed E-state index contributed by atoms with van der Waals surface area (Å²) in [6, 6.07) is 7.32. The molecule has 7 nitrogen and oxygen atoms in total. The molecular weight excluding hydrogens is 471 g/mol. The molecule has 1 amide bonds. The molecule has 8 heteroatoms. The van der Waals surface area contributed by atoms with Gasteiger partial charge in [0, 0.05) is 45.5 Å². The monoisotopic (exact) mass is 504 g/mol. The molecule has 0 aromatic heterocycles. The fourth-order valence-corrected chi connectivity index (χ4v) is 3.10. The maximum Gasteiger partial charge on any atom is 0.248 e. The number of halogens is 1. The molecule has 1 aliphatic rings. The van der Waals surface area contributed by atoms with Crippen LogP contribution in [0.15, 0.2) is 29.3 Å². The van der Waals surface area contributed by atoms with E-state index >= 15 is 0 Å². The topological polar surface area (TPSA) is 89.2 Å². The third-order valence-corrected chi connectivity index (χ3v) is 4.55. The lowest BCUT2D eigenvalue weighted by Gasteiger charge is -2.34. The van der Waals surface area contributed by atoms with Crippen molar-refractivity contribution in [2.75, 3.05) is 40.0 Å². The summed E-state index contributed by atoms with van der Waals surface area (Å²) >= 11 is 0. The summed E-state index contributed by atoms with van der Waals surface area (Å²) < 4.78 is 11.0. The molecule has 1 aromatic rings. The zero-order valence-corrected chi connectivity index (χ0v) is 19.2. The largest absolute Gasteiger partial charge is 0.385 e. The van der Waals surface area contributed by atoms with Crippen molar-refractivity contribution in [3.63, 3.8) is 0 Å². The fraction of sp³-hybridized carbons (Fsp3) is 0.600. The van der Waals surface area contributed by atoms with Gasteiger partial charge in [-0.2, -0.15) is 0 Å². The number of hydrogen-bond acceptors (Lipinski definition) is 4. The normalized spacial score (nSPS) is 15.2. The molecule has 0 saturated carbocycles. The predicted octanol–water partition coefficient (Wildman–Crippen LogP) is 2.39. The Labute approximate surface area is 185 Å². The first-order valence-corrected chi connectivity index (χ1v) is 9.66. The molecule has 1 saturated heterocycles. The molecule has 158 valence electrons. The maximum atomic E-state index is 11.3. The van der Waals surface area contributed by atoms with Gasteiger partial charge >= 0.3 is 0 Å². The first kappa shape index (κ1) is 24.6. The lowest BCUT2D eigenvalue weighted by molar-refractivity contribution is 0.00990. The van der Waals surface area contributed by atoms with Gasteiger partial charge in [-0.3, -0.25) is 4.79 Å². The van der Waals surface area contributed by atoms with Crippen LogP contribution in [-0.4, -0.2) is 62.8 Å². The van der Waals surface area contributed by atoms with E-state index in [1.165, 1.54) is 0 Å². The van der Waals surface area contributed by atoms with E-state index in [2.05, 4.69) is 17.1 Å². The number of guanidine groups is 1. The zero-order valence-electron chi connectivity index (χ0n) is 16.9. The van der Waals surface area contributed by atoms with Crippen LogP contribution in [0.5, 0.6) is 0 Å². The Kier molecular flexibility index (Phi) is 12.1. The second-order valence-corrected chi connectivity index (χ2v) is 6.64. The van der Waals surface area contributed by atoms with Crippen molar-refractivity contribution in [1.29, 1.82) is 0 Å². The Bertz CT molecular complexity index is 619. The van der Waals surface area contributed by atoms with Crippen LogP contribution in [0.2, 0.25) is 0 Å². The molecule has 0 atom stereocenters. The number of hydrogen-bond donors (Lipinski definition) is 2. The molecular formula is C20H33IN4O3. The molecule has 1 fully saturated rings. The van der Waals surface area contributed by atoms with E-state index in [1.807, 2.05) is 12.1 Å². The summed E-state index contributed by atoms with van der Waals surface area (Å²) in [5, 5.41) is 3.36. The van der Waals surface area contributed by atoms with Gasteiger partial charge in [-0.1, -0.05) is 12.1 Å². The third kappa shape index (κ3) is 8.32. The lowest BCUT2D eigenvalue weighted by atomic mass is 10.1. The number of rotatable bonds is 9. The number of nitrogens with one attached hydrogen (secondary N) is 1. The zero-order chi connectivity index (χ0) is 19.5. The number of likely N-dealkylation sites (tertiary alicyclic amines) is 1. The minimum Gasteiger partial charge on any atom is -0.385 e. The summed E-state index contributed by atoms with van der Waals surface area (Å²) in [7, 11) is 1.71. The molecule has 0 radical (unpaired) electrons. The Morgan fingerprint density at radius 1 is 1.32 bits per heavy atom. The van der Waals surface area contributed by atoms with Crippen molar-refractivity contribution in [1.82, 2.24) is 10.2 Å². The standard InChI is InChI=1S/C20H32N4O3.HI/c1-3-22-20(23-15-16-6-4-7-17(14-16)19(21)25)24-10-8-18(9-11-24)27-13-5-12-26-2;/h4,6-7,14,18H,3,5,8-13,15H2,1-2H3,(H2,21,25)(H,22,23);1H. The summed E-state index contributed by atoms with van der Waals surface area (Å²) in [5.41, 5.74) is 6.84. The van der Waals surface area contributed by atoms with Crippen molar-refractivity contribution in [2.45, 2.75) is 38.8 Å². The number of methoxy groups -OCH3 is 1. The summed E-state index contributed by atoms with van der Waals surface area (Å²) in [6.45, 7) is 6.72. The first-order valence-electron chi connectivity index (χ1n) is 9.66. The lowest BCUT2D eigenvalue weighted by Crippen LogP contribution is -2.47. The molecule has 0 bridgehead atoms. The number of amides is 1. The van der Waals surface area contributed by atoms with Gasteiger partial charge in [0.2, 0.25) is 5.91 Å². The minimum absolute atomic E-state index is 0. The molecule has 1 aromatic carbocycles. The van der Waals surface area contributed by atoms with E-state index in [-0.39, 0.29) is 24.0 Å². The number of nitrogens with two attached hydrogens (primary N) is 1. The molecule has 2 rings (SSSR count). The average molecular weight is 504 g/mol. The van der Waals surface area contributed by atoms with Crippen LogP contribution in [0, 0.1) is 0 Å². The summed E-state index contributed by atoms with van der Waals surface area (Å²) in [4.78, 5) is 18.3. The predicted molar refractivity (Wildman–Crippen MR) is 122 cm³/mol. The maximum absolute atomic E-state index is 11.3. The van der Waals surface area contributed by atoms with Crippen molar-refractivity contribution in [3.8, 4) is 0 Å². The molecule has 1 heterocycles. The number of carbonyl (C=O) groups excluding carboxylic acids is 1. The highest BCUT2D eigenvalue weighted by Crippen LogP contribution is 2.15. The van der Waals surface area contributed by atoms with Crippen molar-refractivity contribution in [3.05, 3.63) is 35.4 Å². The van der Waals surface area contributed by atoms with E-state index in [0.717, 1.165) is 63.6 Å². The van der Waals surface area contributed by atoms with Gasteiger partial charge in [0.25, 0.3) is 0 Å². The van der Waals surface area contributed by atoms with Gasteiger partial charge in [-0.15, -0.1) is 24.0 Å². The highest BCUT2D eigenvalue weighted by atomic mass is 127. The number of piperidine rings is 1. The van der Waals surface area contributed by atoms with Gasteiger partial charge in [0.1, 0.15) is 0 Å². The Balaban J connectivity index is 0.00000392. The van der Waals surface area contributed by atoms with Crippen LogP contribution < -0.4 is 11.1 Å². The molecule has 28 heavy (non-hydrogen) atoms. The van der Waals surface area contributed by atoms with E-state index in [1.54, 1.807) is 19.2 Å². The van der Waals surface area contributed by atoms with Gasteiger partial charge in [0.05, 0.1) is 12.6 Å². The van der Waals surface area contributed by atoms with E-state index in [0.29, 0.717) is 18.2 Å². The van der Waals surface area contributed by atoms with Gasteiger partial charge < -0.3 is 25.4 Å². The van der Waals surface area contributed by atoms with Crippen LogP contribution in [-0.2, 0) is 16.0 Å². The number of nitrogens with zero attached hydrogens (tertiary/aromatic N) is 2. The molecule has 0 spiro atoms. The Hall–Kier alpha value is -1.39. The fourth-order valence-electron chi connectivity index (χ4n) is 3.10. The molecule has 1 aliphatic heterocycles. The van der Waals surface area contributed by atoms with Gasteiger partial charge in [-0.05, 0) is 43.9 Å². The van der Waals surface area contributed by atoms with Crippen LogP contribution in [0.1, 0.15) is 42.1 Å². The van der Waals surface area contributed by atoms with Crippen LogP contribution in [0.3, 0.4) is 0 Å². The van der Waals surface area contributed by atoms with Gasteiger partial charge in [-0.25, -0.2) is 4.99 Å².